The fraction of sp³-hybridized carbons (Fsp3) is 0.292. The standard InChI is InChI=1S/C24H25N3O7S/c1-13-7-15(8-14(2)22(13)32)23(33)26-17-12-35-19-6-4-3-5-18(19)27(24(17)34)10-20(29)25-16(11-28)9-21(30)31/h3-8,11,16-17,32H,9-10,12H2,1-2H3,(H,25,29)(H,26,33)(H,30,31)/t16-,17+/m0/s1. The third kappa shape index (κ3) is 6.18. The van der Waals surface area contributed by atoms with Gasteiger partial charge >= 0.3 is 5.97 Å². The molecule has 0 spiro atoms. The van der Waals surface area contributed by atoms with Gasteiger partial charge in [-0.25, -0.2) is 0 Å². The zero-order valence-corrected chi connectivity index (χ0v) is 19.9. The zero-order chi connectivity index (χ0) is 25.7. The molecule has 0 unspecified atom stereocenters. The van der Waals surface area contributed by atoms with Gasteiger partial charge in [0.05, 0.1) is 18.2 Å². The molecule has 184 valence electrons. The van der Waals surface area contributed by atoms with Crippen molar-refractivity contribution < 1.29 is 34.2 Å². The van der Waals surface area contributed by atoms with Gasteiger partial charge in [0.2, 0.25) is 5.91 Å². The molecule has 0 saturated heterocycles. The van der Waals surface area contributed by atoms with Crippen LogP contribution in [0.5, 0.6) is 5.75 Å². The lowest BCUT2D eigenvalue weighted by Crippen LogP contribution is -2.52. The largest absolute Gasteiger partial charge is 0.507 e. The van der Waals surface area contributed by atoms with Crippen molar-refractivity contribution in [2.45, 2.75) is 37.2 Å². The molecule has 10 nitrogen and oxygen atoms in total. The van der Waals surface area contributed by atoms with Gasteiger partial charge in [-0.1, -0.05) is 12.1 Å². The van der Waals surface area contributed by atoms with Gasteiger partial charge in [0, 0.05) is 16.2 Å². The first-order valence-corrected chi connectivity index (χ1v) is 11.7. The lowest BCUT2D eigenvalue weighted by atomic mass is 10.0. The number of aliphatic carboxylic acids is 1. The quantitative estimate of drug-likeness (QED) is 0.398. The molecule has 0 saturated carbocycles. The fourth-order valence-corrected chi connectivity index (χ4v) is 4.74. The molecule has 2 aromatic carbocycles. The molecule has 1 aliphatic heterocycles. The summed E-state index contributed by atoms with van der Waals surface area (Å²) in [5, 5.41) is 23.9. The number of hydrogen-bond acceptors (Lipinski definition) is 7. The number of nitrogens with one attached hydrogen (secondary N) is 2. The maximum atomic E-state index is 13.4. The number of aromatic hydroxyl groups is 1. The number of para-hydroxylation sites is 1. The predicted octanol–water partition coefficient (Wildman–Crippen LogP) is 1.40. The monoisotopic (exact) mass is 499 g/mol. The smallest absolute Gasteiger partial charge is 0.305 e. The van der Waals surface area contributed by atoms with Crippen molar-refractivity contribution in [2.75, 3.05) is 17.2 Å². The van der Waals surface area contributed by atoms with Gasteiger partial charge in [-0.2, -0.15) is 0 Å². The van der Waals surface area contributed by atoms with Crippen molar-refractivity contribution in [3.8, 4) is 5.75 Å². The van der Waals surface area contributed by atoms with E-state index in [2.05, 4.69) is 10.6 Å². The number of carbonyl (C=O) groups excluding carboxylic acids is 4. The van der Waals surface area contributed by atoms with Gasteiger partial charge in [0.15, 0.2) is 0 Å². The van der Waals surface area contributed by atoms with Crippen LogP contribution >= 0.6 is 11.8 Å². The number of rotatable bonds is 8. The second kappa shape index (κ2) is 11.0. The van der Waals surface area contributed by atoms with E-state index in [4.69, 9.17) is 5.11 Å². The zero-order valence-electron chi connectivity index (χ0n) is 19.1. The Hall–Kier alpha value is -3.86. The maximum absolute atomic E-state index is 13.4. The molecule has 35 heavy (non-hydrogen) atoms. The number of benzene rings is 2. The van der Waals surface area contributed by atoms with E-state index in [1.807, 2.05) is 0 Å². The first-order chi connectivity index (χ1) is 16.6. The topological polar surface area (TPSA) is 153 Å². The number of amides is 3. The molecule has 2 atom stereocenters. The molecular weight excluding hydrogens is 474 g/mol. The number of aryl methyl sites for hydroxylation is 2. The van der Waals surface area contributed by atoms with Crippen molar-refractivity contribution in [1.29, 1.82) is 0 Å². The van der Waals surface area contributed by atoms with Crippen LogP contribution in [0, 0.1) is 13.8 Å². The SMILES string of the molecule is Cc1cc(C(=O)N[C@@H]2CSc3ccccc3N(CC(=O)N[C@H](C=O)CC(=O)O)C2=O)cc(C)c1O. The molecule has 1 aliphatic rings. The summed E-state index contributed by atoms with van der Waals surface area (Å²) in [6.07, 6.45) is -0.259. The first-order valence-electron chi connectivity index (χ1n) is 10.7. The highest BCUT2D eigenvalue weighted by atomic mass is 32.2. The molecular formula is C24H25N3O7S. The highest BCUT2D eigenvalue weighted by Gasteiger charge is 2.33. The van der Waals surface area contributed by atoms with Crippen molar-refractivity contribution >= 4 is 47.4 Å². The average molecular weight is 500 g/mol. The summed E-state index contributed by atoms with van der Waals surface area (Å²) in [5.41, 5.74) is 1.79. The maximum Gasteiger partial charge on any atom is 0.305 e. The fourth-order valence-electron chi connectivity index (χ4n) is 3.67. The number of nitrogens with zero attached hydrogens (tertiary/aromatic N) is 1. The Morgan fingerprint density at radius 3 is 2.49 bits per heavy atom. The molecule has 1 heterocycles. The van der Waals surface area contributed by atoms with Gasteiger partial charge in [-0.05, 0) is 49.2 Å². The van der Waals surface area contributed by atoms with Crippen LogP contribution in [0.2, 0.25) is 0 Å². The van der Waals surface area contributed by atoms with Crippen LogP contribution in [-0.2, 0) is 19.2 Å². The van der Waals surface area contributed by atoms with Crippen LogP contribution in [0.25, 0.3) is 0 Å². The summed E-state index contributed by atoms with van der Waals surface area (Å²) in [7, 11) is 0. The van der Waals surface area contributed by atoms with E-state index >= 15 is 0 Å². The second-order valence-electron chi connectivity index (χ2n) is 8.10. The number of carbonyl (C=O) groups is 5. The normalized spacial score (nSPS) is 16.0. The summed E-state index contributed by atoms with van der Waals surface area (Å²) in [5.74, 6) is -2.70. The van der Waals surface area contributed by atoms with Crippen LogP contribution in [0.1, 0.15) is 27.9 Å². The minimum atomic E-state index is -1.25. The van der Waals surface area contributed by atoms with Gasteiger partial charge in [0.25, 0.3) is 11.8 Å². The van der Waals surface area contributed by atoms with Crippen molar-refractivity contribution in [2.24, 2.45) is 0 Å². The number of phenols is 1. The summed E-state index contributed by atoms with van der Waals surface area (Å²) in [6, 6.07) is 7.78. The van der Waals surface area contributed by atoms with Gasteiger partial charge in [-0.3, -0.25) is 19.2 Å². The molecule has 0 fully saturated rings. The van der Waals surface area contributed by atoms with E-state index in [1.165, 1.54) is 28.8 Å². The molecule has 0 bridgehead atoms. The Bertz CT molecular complexity index is 1160. The molecule has 0 radical (unpaired) electrons. The third-order valence-electron chi connectivity index (χ3n) is 5.39. The summed E-state index contributed by atoms with van der Waals surface area (Å²) < 4.78 is 0. The highest BCUT2D eigenvalue weighted by molar-refractivity contribution is 7.99. The Morgan fingerprint density at radius 2 is 1.86 bits per heavy atom. The lowest BCUT2D eigenvalue weighted by molar-refractivity contribution is -0.138. The Kier molecular flexibility index (Phi) is 8.13. The third-order valence-corrected chi connectivity index (χ3v) is 6.55. The van der Waals surface area contributed by atoms with Crippen LogP contribution in [-0.4, -0.2) is 64.6 Å². The van der Waals surface area contributed by atoms with E-state index < -0.39 is 48.7 Å². The second-order valence-corrected chi connectivity index (χ2v) is 9.16. The van der Waals surface area contributed by atoms with Gasteiger partial charge in [-0.15, -0.1) is 11.8 Å². The Labute approximate surface area is 205 Å². The van der Waals surface area contributed by atoms with Crippen LogP contribution in [0.3, 0.4) is 0 Å². The van der Waals surface area contributed by atoms with E-state index in [0.29, 0.717) is 23.1 Å². The van der Waals surface area contributed by atoms with Crippen molar-refractivity contribution in [3.63, 3.8) is 0 Å². The first kappa shape index (κ1) is 25.8. The average Bonchev–Trinajstić information content (AvgIpc) is 2.93. The number of fused-ring (bicyclic) bond motifs is 1. The van der Waals surface area contributed by atoms with Crippen molar-refractivity contribution in [1.82, 2.24) is 10.6 Å². The number of phenolic OH excluding ortho intramolecular Hbond substituents is 1. The summed E-state index contributed by atoms with van der Waals surface area (Å²) in [6.45, 7) is 2.86. The van der Waals surface area contributed by atoms with E-state index in [-0.39, 0.29) is 17.1 Å². The number of carboxylic acids is 1. The van der Waals surface area contributed by atoms with E-state index in [1.54, 1.807) is 38.1 Å². The minimum absolute atomic E-state index is 0.0896. The van der Waals surface area contributed by atoms with E-state index in [0.717, 1.165) is 4.90 Å². The van der Waals surface area contributed by atoms with Crippen LogP contribution in [0.15, 0.2) is 41.3 Å². The lowest BCUT2D eigenvalue weighted by Gasteiger charge is -2.26. The Balaban J connectivity index is 1.83. The summed E-state index contributed by atoms with van der Waals surface area (Å²) in [4.78, 5) is 63.0. The number of anilines is 1. The molecule has 11 heteroatoms. The molecule has 3 rings (SSSR count). The molecule has 2 aromatic rings. The van der Waals surface area contributed by atoms with Crippen LogP contribution < -0.4 is 15.5 Å². The molecule has 0 aliphatic carbocycles. The Morgan fingerprint density at radius 1 is 1.20 bits per heavy atom. The number of thioether (sulfide) groups is 1. The molecule has 0 aromatic heterocycles. The molecule has 4 N–H and O–H groups in total. The van der Waals surface area contributed by atoms with E-state index in [9.17, 15) is 29.1 Å². The van der Waals surface area contributed by atoms with Gasteiger partial charge < -0.3 is 30.5 Å². The highest BCUT2D eigenvalue weighted by Crippen LogP contribution is 2.34. The number of carboxylic acid groups (broad SMARTS) is 1. The number of hydrogen-bond donors (Lipinski definition) is 4. The van der Waals surface area contributed by atoms with Crippen LogP contribution in [0.4, 0.5) is 5.69 Å². The van der Waals surface area contributed by atoms with Gasteiger partial charge in [0.1, 0.15) is 24.6 Å². The van der Waals surface area contributed by atoms with Crippen molar-refractivity contribution in [3.05, 3.63) is 53.1 Å². The minimum Gasteiger partial charge on any atom is -0.507 e. The number of aldehydes is 1. The predicted molar refractivity (Wildman–Crippen MR) is 129 cm³/mol. The molecule has 3 amide bonds. The summed E-state index contributed by atoms with van der Waals surface area (Å²) >= 11 is 1.34.